The number of hydrogen-bond donors (Lipinski definition) is 2. The zero-order chi connectivity index (χ0) is 15.4. The number of carbonyl (C=O) groups is 1. The number of nitrogen functional groups attached to an aromatic ring is 1. The van der Waals surface area contributed by atoms with Crippen LogP contribution in [-0.4, -0.2) is 11.1 Å². The van der Waals surface area contributed by atoms with Gasteiger partial charge in [-0.1, -0.05) is 12.1 Å². The summed E-state index contributed by atoms with van der Waals surface area (Å²) in [6.45, 7) is 0.270. The molecule has 0 saturated carbocycles. The van der Waals surface area contributed by atoms with Crippen LogP contribution < -0.4 is 10.5 Å². The van der Waals surface area contributed by atoms with E-state index in [1.807, 2.05) is 6.07 Å². The number of nitrogens with zero attached hydrogens (tertiary/aromatic N) is 1. The van der Waals surface area contributed by atoms with Crippen molar-refractivity contribution in [1.29, 1.82) is 5.26 Å². The van der Waals surface area contributed by atoms with Gasteiger partial charge in [-0.05, 0) is 52.4 Å². The van der Waals surface area contributed by atoms with Crippen LogP contribution in [0.4, 0.5) is 5.69 Å². The summed E-state index contributed by atoms with van der Waals surface area (Å²) >= 11 is 2.06. The van der Waals surface area contributed by atoms with Crippen molar-refractivity contribution in [2.45, 2.75) is 6.61 Å². The Morgan fingerprint density at radius 2 is 2.00 bits per heavy atom. The Balaban J connectivity index is 2.13. The topological polar surface area (TPSA) is 96.3 Å². The van der Waals surface area contributed by atoms with E-state index in [-0.39, 0.29) is 12.2 Å². The smallest absolute Gasteiger partial charge is 0.335 e. The molecule has 2 rings (SSSR count). The summed E-state index contributed by atoms with van der Waals surface area (Å²) in [6.07, 6.45) is 0. The van der Waals surface area contributed by atoms with E-state index in [0.29, 0.717) is 17.0 Å². The number of nitriles is 1. The lowest BCUT2D eigenvalue weighted by Crippen LogP contribution is -2.02. The molecule has 6 heteroatoms. The van der Waals surface area contributed by atoms with Gasteiger partial charge in [-0.2, -0.15) is 5.26 Å². The van der Waals surface area contributed by atoms with Crippen molar-refractivity contribution >= 4 is 34.2 Å². The maximum atomic E-state index is 10.8. The third-order valence-corrected chi connectivity index (χ3v) is 3.59. The summed E-state index contributed by atoms with van der Waals surface area (Å²) in [5.74, 6) is -0.440. The van der Waals surface area contributed by atoms with Crippen LogP contribution in [0.2, 0.25) is 0 Å². The number of carboxylic acid groups (broad SMARTS) is 1. The summed E-state index contributed by atoms with van der Waals surface area (Å²) in [5, 5.41) is 17.7. The number of aromatic carboxylic acids is 1. The van der Waals surface area contributed by atoms with E-state index in [2.05, 4.69) is 22.6 Å². The van der Waals surface area contributed by atoms with Crippen molar-refractivity contribution in [2.75, 3.05) is 5.73 Å². The number of anilines is 1. The molecule has 0 aromatic heterocycles. The van der Waals surface area contributed by atoms with Crippen molar-refractivity contribution in [1.82, 2.24) is 0 Å². The van der Waals surface area contributed by atoms with Gasteiger partial charge in [0.25, 0.3) is 0 Å². The lowest BCUT2D eigenvalue weighted by molar-refractivity contribution is 0.0697. The summed E-state index contributed by atoms with van der Waals surface area (Å²) in [7, 11) is 0. The van der Waals surface area contributed by atoms with Crippen LogP contribution in [0.3, 0.4) is 0 Å². The average Bonchev–Trinajstić information content (AvgIpc) is 2.46. The Bertz CT molecular complexity index is 698. The minimum absolute atomic E-state index is 0.228. The molecule has 5 nitrogen and oxygen atoms in total. The van der Waals surface area contributed by atoms with Gasteiger partial charge in [0.1, 0.15) is 6.61 Å². The van der Waals surface area contributed by atoms with Gasteiger partial charge in [-0.25, -0.2) is 4.79 Å². The predicted octanol–water partition coefficient (Wildman–Crippen LogP) is 3.02. The van der Waals surface area contributed by atoms with Gasteiger partial charge in [0.2, 0.25) is 0 Å². The van der Waals surface area contributed by atoms with Gasteiger partial charge in [-0.3, -0.25) is 0 Å². The molecule has 0 fully saturated rings. The number of ether oxygens (including phenoxy) is 1. The molecule has 0 aliphatic carbocycles. The van der Waals surface area contributed by atoms with Crippen LogP contribution >= 0.6 is 22.6 Å². The van der Waals surface area contributed by atoms with E-state index in [1.165, 1.54) is 12.1 Å². The highest BCUT2D eigenvalue weighted by atomic mass is 127. The molecule has 106 valence electrons. The zero-order valence-electron chi connectivity index (χ0n) is 10.8. The van der Waals surface area contributed by atoms with Crippen molar-refractivity contribution < 1.29 is 14.6 Å². The number of benzene rings is 2. The van der Waals surface area contributed by atoms with Crippen molar-refractivity contribution in [3.8, 4) is 11.8 Å². The first-order valence-corrected chi connectivity index (χ1v) is 7.03. The molecule has 0 amide bonds. The predicted molar refractivity (Wildman–Crippen MR) is 86.0 cm³/mol. The molecule has 2 aromatic carbocycles. The van der Waals surface area contributed by atoms with Crippen LogP contribution in [0.15, 0.2) is 36.4 Å². The maximum Gasteiger partial charge on any atom is 0.335 e. The molecule has 21 heavy (non-hydrogen) atoms. The second-order valence-corrected chi connectivity index (χ2v) is 5.44. The molecule has 0 aliphatic rings. The van der Waals surface area contributed by atoms with Crippen molar-refractivity contribution in [2.24, 2.45) is 0 Å². The van der Waals surface area contributed by atoms with Gasteiger partial charge in [-0.15, -0.1) is 0 Å². The lowest BCUT2D eigenvalue weighted by atomic mass is 10.1. The van der Waals surface area contributed by atoms with Gasteiger partial charge in [0, 0.05) is 0 Å². The second kappa shape index (κ2) is 6.45. The minimum atomic E-state index is -0.964. The van der Waals surface area contributed by atoms with E-state index >= 15 is 0 Å². The van der Waals surface area contributed by atoms with E-state index < -0.39 is 5.97 Å². The summed E-state index contributed by atoms with van der Waals surface area (Å²) in [4.78, 5) is 10.8. The fourth-order valence-electron chi connectivity index (χ4n) is 1.73. The standard InChI is InChI=1S/C15H11IN2O3/c16-12-5-10(7-17)6-13(18)14(12)21-8-9-1-3-11(4-2-9)15(19)20/h1-6H,8,18H2,(H,19,20). The van der Waals surface area contributed by atoms with E-state index in [9.17, 15) is 4.79 Å². The monoisotopic (exact) mass is 394 g/mol. The molecule has 0 bridgehead atoms. The fourth-order valence-corrected chi connectivity index (χ4v) is 2.53. The third-order valence-electron chi connectivity index (χ3n) is 2.79. The number of nitrogens with two attached hydrogens (primary N) is 1. The first kappa shape index (κ1) is 15.1. The lowest BCUT2D eigenvalue weighted by Gasteiger charge is -2.11. The summed E-state index contributed by atoms with van der Waals surface area (Å²) in [6, 6.07) is 11.7. The molecule has 3 N–H and O–H groups in total. The summed E-state index contributed by atoms with van der Waals surface area (Å²) in [5.41, 5.74) is 7.81. The van der Waals surface area contributed by atoms with E-state index in [4.69, 9.17) is 20.8 Å². The highest BCUT2D eigenvalue weighted by Gasteiger charge is 2.09. The average molecular weight is 394 g/mol. The molecule has 0 radical (unpaired) electrons. The normalized spacial score (nSPS) is 9.90. The van der Waals surface area contributed by atoms with Crippen LogP contribution in [0, 0.1) is 14.9 Å². The van der Waals surface area contributed by atoms with Crippen LogP contribution in [-0.2, 0) is 6.61 Å². The SMILES string of the molecule is N#Cc1cc(N)c(OCc2ccc(C(=O)O)cc2)c(I)c1. The van der Waals surface area contributed by atoms with Gasteiger partial charge >= 0.3 is 5.97 Å². The fraction of sp³-hybridized carbons (Fsp3) is 0.0667. The molecule has 0 saturated heterocycles. The highest BCUT2D eigenvalue weighted by molar-refractivity contribution is 14.1. The van der Waals surface area contributed by atoms with Crippen LogP contribution in [0.5, 0.6) is 5.75 Å². The highest BCUT2D eigenvalue weighted by Crippen LogP contribution is 2.30. The minimum Gasteiger partial charge on any atom is -0.486 e. The van der Waals surface area contributed by atoms with E-state index in [0.717, 1.165) is 9.13 Å². The van der Waals surface area contributed by atoms with Gasteiger partial charge in [0.05, 0.1) is 26.5 Å². The first-order valence-electron chi connectivity index (χ1n) is 5.95. The molecular formula is C15H11IN2O3. The molecular weight excluding hydrogens is 383 g/mol. The van der Waals surface area contributed by atoms with Gasteiger partial charge < -0.3 is 15.6 Å². The second-order valence-electron chi connectivity index (χ2n) is 4.28. The van der Waals surface area contributed by atoms with Gasteiger partial charge in [0.15, 0.2) is 5.75 Å². The largest absolute Gasteiger partial charge is 0.486 e. The number of carboxylic acids is 1. The molecule has 0 unspecified atom stereocenters. The molecule has 2 aromatic rings. The van der Waals surface area contributed by atoms with E-state index in [1.54, 1.807) is 24.3 Å². The Labute approximate surface area is 135 Å². The first-order chi connectivity index (χ1) is 10.0. The number of halogens is 1. The Kier molecular flexibility index (Phi) is 4.65. The van der Waals surface area contributed by atoms with Crippen LogP contribution in [0.1, 0.15) is 21.5 Å². The zero-order valence-corrected chi connectivity index (χ0v) is 13.0. The quantitative estimate of drug-likeness (QED) is 0.614. The number of hydrogen-bond acceptors (Lipinski definition) is 4. The maximum absolute atomic E-state index is 10.8. The molecule has 0 spiro atoms. The molecule has 0 atom stereocenters. The molecule has 0 aliphatic heterocycles. The number of rotatable bonds is 4. The third kappa shape index (κ3) is 3.64. The Morgan fingerprint density at radius 3 is 2.52 bits per heavy atom. The molecule has 0 heterocycles. The Morgan fingerprint density at radius 1 is 1.33 bits per heavy atom. The Hall–Kier alpha value is -2.27. The van der Waals surface area contributed by atoms with Crippen molar-refractivity contribution in [3.05, 3.63) is 56.7 Å². The summed E-state index contributed by atoms with van der Waals surface area (Å²) < 4.78 is 6.42. The van der Waals surface area contributed by atoms with Crippen LogP contribution in [0.25, 0.3) is 0 Å². The van der Waals surface area contributed by atoms with Crippen molar-refractivity contribution in [3.63, 3.8) is 0 Å².